The van der Waals surface area contributed by atoms with Crippen LogP contribution in [0.3, 0.4) is 0 Å². The van der Waals surface area contributed by atoms with Gasteiger partial charge in [0.2, 0.25) is 5.91 Å². The lowest BCUT2D eigenvalue weighted by atomic mass is 10.0. The molecule has 1 aromatic carbocycles. The highest BCUT2D eigenvalue weighted by Gasteiger charge is 2.27. The van der Waals surface area contributed by atoms with Crippen molar-refractivity contribution in [3.63, 3.8) is 0 Å². The van der Waals surface area contributed by atoms with Gasteiger partial charge >= 0.3 is 13.2 Å². The van der Waals surface area contributed by atoms with E-state index in [2.05, 4.69) is 15.5 Å². The van der Waals surface area contributed by atoms with Crippen molar-refractivity contribution in [2.45, 2.75) is 33.1 Å². The third-order valence-electron chi connectivity index (χ3n) is 4.61. The minimum atomic E-state index is -3.17. The lowest BCUT2D eigenvalue weighted by Crippen LogP contribution is -2.52. The smallest absolute Gasteiger partial charge is 0.387 e. The van der Waals surface area contributed by atoms with E-state index in [0.29, 0.717) is 26.2 Å². The minimum Gasteiger partial charge on any atom is -0.435 e. The van der Waals surface area contributed by atoms with E-state index in [-0.39, 0.29) is 34.9 Å². The van der Waals surface area contributed by atoms with Gasteiger partial charge in [0.05, 0.1) is 6.07 Å². The number of ether oxygens (including phenoxy) is 2. The summed E-state index contributed by atoms with van der Waals surface area (Å²) < 4.78 is 58.4. The van der Waals surface area contributed by atoms with Crippen LogP contribution in [0.2, 0.25) is 0 Å². The third kappa shape index (κ3) is 6.62. The first kappa shape index (κ1) is 23.5. The minimum absolute atomic E-state index is 0.119. The summed E-state index contributed by atoms with van der Waals surface area (Å²) in [6, 6.07) is 5.38. The number of nitriles is 1. The average Bonchev–Trinajstić information content (AvgIpc) is 2.67. The molecule has 1 unspecified atom stereocenters. The molecule has 0 spiro atoms. The normalized spacial score (nSPS) is 16.3. The molecule has 0 aliphatic carbocycles. The first-order chi connectivity index (χ1) is 14.2. The Labute approximate surface area is 172 Å². The van der Waals surface area contributed by atoms with Crippen LogP contribution in [0.5, 0.6) is 11.5 Å². The van der Waals surface area contributed by atoms with Crippen LogP contribution in [-0.4, -0.2) is 61.2 Å². The van der Waals surface area contributed by atoms with Gasteiger partial charge in [-0.25, -0.2) is 0 Å². The average molecular weight is 429 g/mol. The van der Waals surface area contributed by atoms with Gasteiger partial charge in [0, 0.05) is 43.9 Å². The van der Waals surface area contributed by atoms with Gasteiger partial charge in [-0.3, -0.25) is 9.69 Å². The summed E-state index contributed by atoms with van der Waals surface area (Å²) in [4.78, 5) is 16.0. The Kier molecular flexibility index (Phi) is 8.47. The van der Waals surface area contributed by atoms with Gasteiger partial charge < -0.3 is 14.4 Å². The SMILES string of the molecule is CC(C)C(C#N)N1CCN(C(=O)/C=C/c2ccc(OC(F)F)cc2OC(F)F)CC1. The molecule has 1 saturated heterocycles. The fraction of sp³-hybridized carbons (Fsp3) is 0.500. The Balaban J connectivity index is 2.04. The number of rotatable bonds is 8. The van der Waals surface area contributed by atoms with Crippen molar-refractivity contribution in [3.8, 4) is 17.6 Å². The highest BCUT2D eigenvalue weighted by molar-refractivity contribution is 5.92. The Morgan fingerprint density at radius 1 is 1.10 bits per heavy atom. The van der Waals surface area contributed by atoms with Crippen molar-refractivity contribution in [2.75, 3.05) is 26.2 Å². The van der Waals surface area contributed by atoms with Crippen LogP contribution in [-0.2, 0) is 4.79 Å². The van der Waals surface area contributed by atoms with Gasteiger partial charge in [-0.1, -0.05) is 13.8 Å². The second kappa shape index (κ2) is 10.8. The molecule has 10 heteroatoms. The van der Waals surface area contributed by atoms with E-state index in [1.54, 1.807) is 4.90 Å². The Morgan fingerprint density at radius 2 is 1.73 bits per heavy atom. The molecule has 6 nitrogen and oxygen atoms in total. The van der Waals surface area contributed by atoms with Gasteiger partial charge in [-0.05, 0) is 24.1 Å². The van der Waals surface area contributed by atoms with E-state index < -0.39 is 13.2 Å². The molecule has 1 aliphatic heterocycles. The number of carbonyl (C=O) groups is 1. The number of halogens is 4. The Bertz CT molecular complexity index is 788. The summed E-state index contributed by atoms with van der Waals surface area (Å²) in [7, 11) is 0. The van der Waals surface area contributed by atoms with Crippen LogP contribution in [0, 0.1) is 17.2 Å². The molecule has 1 fully saturated rings. The van der Waals surface area contributed by atoms with Crippen molar-refractivity contribution in [1.82, 2.24) is 9.80 Å². The second-order valence-electron chi connectivity index (χ2n) is 6.97. The zero-order chi connectivity index (χ0) is 22.3. The number of hydrogen-bond donors (Lipinski definition) is 0. The van der Waals surface area contributed by atoms with E-state index in [1.807, 2.05) is 18.7 Å². The van der Waals surface area contributed by atoms with Gasteiger partial charge in [-0.2, -0.15) is 22.8 Å². The standard InChI is InChI=1S/C20H23F4N3O3/c1-13(2)16(12-25)26-7-9-27(10-8-26)18(28)6-4-14-3-5-15(29-19(21)22)11-17(14)30-20(23)24/h3-6,11,13,16,19-20H,7-10H2,1-2H3/b6-4+. The molecule has 1 aliphatic rings. The predicted molar refractivity (Wildman–Crippen MR) is 101 cm³/mol. The number of benzene rings is 1. The van der Waals surface area contributed by atoms with Crippen molar-refractivity contribution >= 4 is 12.0 Å². The molecule has 1 amide bonds. The summed E-state index contributed by atoms with van der Waals surface area (Å²) in [5.41, 5.74) is 0.119. The Hall–Kier alpha value is -2.80. The summed E-state index contributed by atoms with van der Waals surface area (Å²) in [6.45, 7) is -0.398. The molecule has 0 bridgehead atoms. The van der Waals surface area contributed by atoms with E-state index >= 15 is 0 Å². The molecule has 0 saturated carbocycles. The fourth-order valence-electron chi connectivity index (χ4n) is 3.17. The van der Waals surface area contributed by atoms with Gasteiger partial charge in [-0.15, -0.1) is 0 Å². The summed E-state index contributed by atoms with van der Waals surface area (Å²) >= 11 is 0. The molecule has 0 radical (unpaired) electrons. The number of alkyl halides is 4. The third-order valence-corrected chi connectivity index (χ3v) is 4.61. The molecule has 30 heavy (non-hydrogen) atoms. The molecule has 1 heterocycles. The fourth-order valence-corrected chi connectivity index (χ4v) is 3.17. The van der Waals surface area contributed by atoms with E-state index in [0.717, 1.165) is 6.07 Å². The maximum atomic E-state index is 12.6. The van der Waals surface area contributed by atoms with Crippen molar-refractivity contribution in [3.05, 3.63) is 29.8 Å². The number of piperazine rings is 1. The van der Waals surface area contributed by atoms with Crippen LogP contribution in [0.25, 0.3) is 6.08 Å². The van der Waals surface area contributed by atoms with E-state index in [9.17, 15) is 27.6 Å². The maximum Gasteiger partial charge on any atom is 0.387 e. The lowest BCUT2D eigenvalue weighted by molar-refractivity contribution is -0.127. The molecule has 2 rings (SSSR count). The highest BCUT2D eigenvalue weighted by Crippen LogP contribution is 2.28. The number of hydrogen-bond acceptors (Lipinski definition) is 5. The quantitative estimate of drug-likeness (QED) is 0.467. The zero-order valence-corrected chi connectivity index (χ0v) is 16.6. The van der Waals surface area contributed by atoms with Crippen LogP contribution >= 0.6 is 0 Å². The number of amides is 1. The number of nitrogens with zero attached hydrogens (tertiary/aromatic N) is 3. The Morgan fingerprint density at radius 3 is 2.27 bits per heavy atom. The first-order valence-corrected chi connectivity index (χ1v) is 9.35. The monoisotopic (exact) mass is 429 g/mol. The molecule has 1 atom stereocenters. The molecule has 1 aromatic rings. The van der Waals surface area contributed by atoms with E-state index in [1.165, 1.54) is 24.3 Å². The van der Waals surface area contributed by atoms with Gasteiger partial charge in [0.15, 0.2) is 0 Å². The highest BCUT2D eigenvalue weighted by atomic mass is 19.3. The van der Waals surface area contributed by atoms with E-state index in [4.69, 9.17) is 0 Å². The maximum absolute atomic E-state index is 12.6. The van der Waals surface area contributed by atoms with Crippen molar-refractivity contribution < 1.29 is 31.8 Å². The first-order valence-electron chi connectivity index (χ1n) is 9.35. The summed E-state index contributed by atoms with van der Waals surface area (Å²) in [6.07, 6.45) is 2.49. The topological polar surface area (TPSA) is 65.8 Å². The second-order valence-corrected chi connectivity index (χ2v) is 6.97. The van der Waals surface area contributed by atoms with Gasteiger partial charge in [0.1, 0.15) is 17.5 Å². The summed E-state index contributed by atoms with van der Waals surface area (Å²) in [5.74, 6) is -0.880. The summed E-state index contributed by atoms with van der Waals surface area (Å²) in [5, 5.41) is 9.29. The lowest BCUT2D eigenvalue weighted by Gasteiger charge is -2.37. The van der Waals surface area contributed by atoms with Crippen molar-refractivity contribution in [2.24, 2.45) is 5.92 Å². The predicted octanol–water partition coefficient (Wildman–Crippen LogP) is 3.59. The molecular formula is C20H23F4N3O3. The van der Waals surface area contributed by atoms with Crippen LogP contribution in [0.4, 0.5) is 17.6 Å². The largest absolute Gasteiger partial charge is 0.435 e. The molecule has 164 valence electrons. The molecular weight excluding hydrogens is 406 g/mol. The van der Waals surface area contributed by atoms with Crippen LogP contribution in [0.1, 0.15) is 19.4 Å². The number of carbonyl (C=O) groups excluding carboxylic acids is 1. The molecule has 0 aromatic heterocycles. The van der Waals surface area contributed by atoms with Gasteiger partial charge in [0.25, 0.3) is 0 Å². The zero-order valence-electron chi connectivity index (χ0n) is 16.6. The van der Waals surface area contributed by atoms with Crippen LogP contribution < -0.4 is 9.47 Å². The van der Waals surface area contributed by atoms with Crippen LogP contribution in [0.15, 0.2) is 24.3 Å². The molecule has 0 N–H and O–H groups in total. The van der Waals surface area contributed by atoms with Crippen molar-refractivity contribution in [1.29, 1.82) is 5.26 Å².